The fourth-order valence-electron chi connectivity index (χ4n) is 2.60. The SMILES string of the molecule is C[C@@H](NC(=O)N(C)CCCCO)c1ccc(Cl)c2ccccc12. The summed E-state index contributed by atoms with van der Waals surface area (Å²) in [5.41, 5.74) is 1.04. The van der Waals surface area contributed by atoms with Crippen molar-refractivity contribution >= 4 is 28.4 Å². The Kier molecular flexibility index (Phi) is 6.25. The second-order valence-corrected chi connectivity index (χ2v) is 6.11. The van der Waals surface area contributed by atoms with Crippen LogP contribution in [-0.4, -0.2) is 36.2 Å². The Morgan fingerprint density at radius 1 is 1.22 bits per heavy atom. The van der Waals surface area contributed by atoms with Crippen molar-refractivity contribution in [1.82, 2.24) is 10.2 Å². The molecule has 0 radical (unpaired) electrons. The molecule has 0 bridgehead atoms. The summed E-state index contributed by atoms with van der Waals surface area (Å²) in [6.07, 6.45) is 1.49. The van der Waals surface area contributed by atoms with E-state index in [4.69, 9.17) is 16.7 Å². The van der Waals surface area contributed by atoms with Gasteiger partial charge < -0.3 is 15.3 Å². The average molecular weight is 335 g/mol. The highest BCUT2D eigenvalue weighted by molar-refractivity contribution is 6.35. The van der Waals surface area contributed by atoms with Crippen molar-refractivity contribution in [1.29, 1.82) is 0 Å². The minimum Gasteiger partial charge on any atom is -0.396 e. The van der Waals surface area contributed by atoms with Crippen LogP contribution in [0.4, 0.5) is 4.79 Å². The lowest BCUT2D eigenvalue weighted by Gasteiger charge is -2.22. The molecule has 124 valence electrons. The third kappa shape index (κ3) is 4.36. The summed E-state index contributed by atoms with van der Waals surface area (Å²) in [4.78, 5) is 13.9. The zero-order chi connectivity index (χ0) is 16.8. The standard InChI is InChI=1S/C18H23ClN2O2/c1-13(20-18(23)21(2)11-5-6-12-22)14-9-10-17(19)16-8-4-3-7-15(14)16/h3-4,7-10,13,22H,5-6,11-12H2,1-2H3,(H,20,23)/t13-/m1/s1. The zero-order valence-electron chi connectivity index (χ0n) is 13.6. The Labute approximate surface area is 142 Å². The molecule has 0 aliphatic rings. The molecule has 2 amide bonds. The molecule has 0 aromatic heterocycles. The number of nitrogens with zero attached hydrogens (tertiary/aromatic N) is 1. The first kappa shape index (κ1) is 17.6. The number of benzene rings is 2. The van der Waals surface area contributed by atoms with Crippen LogP contribution in [0.5, 0.6) is 0 Å². The van der Waals surface area contributed by atoms with E-state index in [1.54, 1.807) is 11.9 Å². The van der Waals surface area contributed by atoms with Crippen LogP contribution in [0.15, 0.2) is 36.4 Å². The molecule has 0 spiro atoms. The van der Waals surface area contributed by atoms with E-state index in [-0.39, 0.29) is 18.7 Å². The van der Waals surface area contributed by atoms with Gasteiger partial charge >= 0.3 is 6.03 Å². The normalized spacial score (nSPS) is 12.2. The molecule has 2 aromatic carbocycles. The lowest BCUT2D eigenvalue weighted by Crippen LogP contribution is -2.39. The molecule has 2 N–H and O–H groups in total. The molecule has 5 heteroatoms. The van der Waals surface area contributed by atoms with Gasteiger partial charge in [0.25, 0.3) is 0 Å². The highest BCUT2D eigenvalue weighted by Gasteiger charge is 2.15. The summed E-state index contributed by atoms with van der Waals surface area (Å²) >= 11 is 6.24. The van der Waals surface area contributed by atoms with Gasteiger partial charge in [-0.15, -0.1) is 0 Å². The number of urea groups is 1. The topological polar surface area (TPSA) is 52.6 Å². The van der Waals surface area contributed by atoms with Gasteiger partial charge in [0.2, 0.25) is 0 Å². The van der Waals surface area contributed by atoms with Crippen molar-refractivity contribution in [2.75, 3.05) is 20.2 Å². The molecule has 2 aromatic rings. The second-order valence-electron chi connectivity index (χ2n) is 5.71. The molecule has 23 heavy (non-hydrogen) atoms. The Morgan fingerprint density at radius 2 is 1.91 bits per heavy atom. The second kappa shape index (κ2) is 8.18. The van der Waals surface area contributed by atoms with Crippen molar-refractivity contribution in [3.05, 3.63) is 47.0 Å². The molecule has 0 aliphatic heterocycles. The predicted octanol–water partition coefficient (Wildman–Crippen LogP) is 3.97. The van der Waals surface area contributed by atoms with E-state index in [2.05, 4.69) is 5.32 Å². The van der Waals surface area contributed by atoms with Gasteiger partial charge in [-0.1, -0.05) is 41.9 Å². The third-order valence-corrected chi connectivity index (χ3v) is 4.29. The summed E-state index contributed by atoms with van der Waals surface area (Å²) in [5, 5.41) is 14.6. The van der Waals surface area contributed by atoms with Gasteiger partial charge in [0, 0.05) is 30.6 Å². The number of aliphatic hydroxyl groups excluding tert-OH is 1. The Balaban J connectivity index is 2.10. The number of rotatable bonds is 6. The zero-order valence-corrected chi connectivity index (χ0v) is 14.3. The molecule has 0 fully saturated rings. The average Bonchev–Trinajstić information content (AvgIpc) is 2.55. The number of carbonyl (C=O) groups is 1. The minimum atomic E-state index is -0.120. The lowest BCUT2D eigenvalue weighted by atomic mass is 10.00. The van der Waals surface area contributed by atoms with E-state index in [0.717, 1.165) is 22.8 Å². The van der Waals surface area contributed by atoms with Gasteiger partial charge in [0.05, 0.1) is 6.04 Å². The molecule has 2 rings (SSSR count). The van der Waals surface area contributed by atoms with Crippen LogP contribution in [0.25, 0.3) is 10.8 Å². The molecular formula is C18H23ClN2O2. The van der Waals surface area contributed by atoms with Crippen LogP contribution in [0, 0.1) is 0 Å². The van der Waals surface area contributed by atoms with E-state index < -0.39 is 0 Å². The molecule has 0 saturated carbocycles. The van der Waals surface area contributed by atoms with Gasteiger partial charge in [-0.25, -0.2) is 4.79 Å². The van der Waals surface area contributed by atoms with Crippen molar-refractivity contribution in [2.45, 2.75) is 25.8 Å². The van der Waals surface area contributed by atoms with Crippen molar-refractivity contribution < 1.29 is 9.90 Å². The van der Waals surface area contributed by atoms with Crippen LogP contribution >= 0.6 is 11.6 Å². The van der Waals surface area contributed by atoms with Crippen LogP contribution in [0.1, 0.15) is 31.4 Å². The number of unbranched alkanes of at least 4 members (excludes halogenated alkanes) is 1. The first-order chi connectivity index (χ1) is 11.0. The van der Waals surface area contributed by atoms with E-state index in [0.29, 0.717) is 18.0 Å². The monoisotopic (exact) mass is 334 g/mol. The van der Waals surface area contributed by atoms with Crippen molar-refractivity contribution in [3.63, 3.8) is 0 Å². The van der Waals surface area contributed by atoms with Crippen molar-refractivity contribution in [2.24, 2.45) is 0 Å². The highest BCUT2D eigenvalue weighted by atomic mass is 35.5. The molecule has 0 heterocycles. The maximum atomic E-state index is 12.3. The number of hydrogen-bond acceptors (Lipinski definition) is 2. The van der Waals surface area contributed by atoms with E-state index in [1.807, 2.05) is 43.3 Å². The minimum absolute atomic E-state index is 0.116. The Hall–Kier alpha value is -1.78. The first-order valence-corrected chi connectivity index (χ1v) is 8.22. The van der Waals surface area contributed by atoms with Crippen LogP contribution in [0.3, 0.4) is 0 Å². The van der Waals surface area contributed by atoms with Crippen molar-refractivity contribution in [3.8, 4) is 0 Å². The van der Waals surface area contributed by atoms with Crippen LogP contribution in [-0.2, 0) is 0 Å². The molecule has 0 unspecified atom stereocenters. The lowest BCUT2D eigenvalue weighted by molar-refractivity contribution is 0.202. The molecule has 1 atom stereocenters. The number of halogens is 1. The van der Waals surface area contributed by atoms with Crippen LogP contribution < -0.4 is 5.32 Å². The van der Waals surface area contributed by atoms with E-state index in [9.17, 15) is 4.79 Å². The number of hydrogen-bond donors (Lipinski definition) is 2. The van der Waals surface area contributed by atoms with E-state index >= 15 is 0 Å². The summed E-state index contributed by atoms with van der Waals surface area (Å²) in [6.45, 7) is 2.75. The number of nitrogens with one attached hydrogen (secondary N) is 1. The maximum Gasteiger partial charge on any atom is 0.317 e. The summed E-state index contributed by atoms with van der Waals surface area (Å²) in [5.74, 6) is 0. The fraction of sp³-hybridized carbons (Fsp3) is 0.389. The Morgan fingerprint density at radius 3 is 2.61 bits per heavy atom. The third-order valence-electron chi connectivity index (χ3n) is 3.96. The van der Waals surface area contributed by atoms with Gasteiger partial charge in [-0.05, 0) is 36.8 Å². The van der Waals surface area contributed by atoms with Gasteiger partial charge in [0.15, 0.2) is 0 Å². The van der Waals surface area contributed by atoms with E-state index in [1.165, 1.54) is 0 Å². The molecule has 0 saturated heterocycles. The predicted molar refractivity (Wildman–Crippen MR) is 94.9 cm³/mol. The highest BCUT2D eigenvalue weighted by Crippen LogP contribution is 2.29. The largest absolute Gasteiger partial charge is 0.396 e. The first-order valence-electron chi connectivity index (χ1n) is 7.84. The summed E-state index contributed by atoms with van der Waals surface area (Å²) in [6, 6.07) is 11.5. The fourth-order valence-corrected chi connectivity index (χ4v) is 2.83. The number of amides is 2. The number of aliphatic hydroxyl groups is 1. The number of carbonyl (C=O) groups excluding carboxylic acids is 1. The smallest absolute Gasteiger partial charge is 0.317 e. The number of fused-ring (bicyclic) bond motifs is 1. The summed E-state index contributed by atoms with van der Waals surface area (Å²) < 4.78 is 0. The van der Waals surface area contributed by atoms with Gasteiger partial charge in [0.1, 0.15) is 0 Å². The van der Waals surface area contributed by atoms with Crippen LogP contribution in [0.2, 0.25) is 5.02 Å². The molecule has 4 nitrogen and oxygen atoms in total. The Bertz CT molecular complexity index is 675. The molecular weight excluding hydrogens is 312 g/mol. The molecule has 0 aliphatic carbocycles. The quantitative estimate of drug-likeness (QED) is 0.785. The van der Waals surface area contributed by atoms with Gasteiger partial charge in [-0.3, -0.25) is 0 Å². The maximum absolute atomic E-state index is 12.3. The van der Waals surface area contributed by atoms with Gasteiger partial charge in [-0.2, -0.15) is 0 Å². The summed E-state index contributed by atoms with van der Waals surface area (Å²) in [7, 11) is 1.76.